The number of carbonyl (C=O) groups excluding carboxylic acids is 4. The topological polar surface area (TPSA) is 237 Å². The van der Waals surface area contributed by atoms with Crippen LogP contribution in [0.5, 0.6) is 0 Å². The molecular formula is C69H134O17P2. The molecule has 0 saturated carbocycles. The van der Waals surface area contributed by atoms with Gasteiger partial charge in [-0.1, -0.05) is 287 Å². The normalized spacial score (nSPS) is 14.3. The van der Waals surface area contributed by atoms with E-state index in [-0.39, 0.29) is 25.7 Å². The summed E-state index contributed by atoms with van der Waals surface area (Å²) in [6.07, 6.45) is 40.3. The molecule has 0 radical (unpaired) electrons. The Morgan fingerprint density at radius 2 is 0.477 bits per heavy atom. The highest BCUT2D eigenvalue weighted by atomic mass is 31.2. The monoisotopic (exact) mass is 1300 g/mol. The summed E-state index contributed by atoms with van der Waals surface area (Å²) in [5, 5.41) is 10.6. The number of esters is 4. The third-order valence-corrected chi connectivity index (χ3v) is 17.7. The molecule has 522 valence electrons. The second-order valence-electron chi connectivity index (χ2n) is 26.8. The van der Waals surface area contributed by atoms with E-state index in [0.717, 1.165) is 114 Å². The van der Waals surface area contributed by atoms with Crippen molar-refractivity contribution in [3.63, 3.8) is 0 Å². The smallest absolute Gasteiger partial charge is 0.462 e. The molecule has 3 N–H and O–H groups in total. The molecule has 0 aliphatic heterocycles. The van der Waals surface area contributed by atoms with Gasteiger partial charge in [-0.05, 0) is 49.4 Å². The SMILES string of the molecule is CC(C)CCCCCCCCCCCCC(=O)O[C@H](COC(=O)CCCCCCCCCCCC(C)C)COP(=O)(O)OCC(O)COP(=O)(O)OC[C@@H](COC(=O)CCCCCCCCCCC(C)C)OC(=O)CCCCCCCCCCCC(C)C. The van der Waals surface area contributed by atoms with Crippen molar-refractivity contribution in [2.75, 3.05) is 39.6 Å². The number of phosphoric acid groups is 2. The molecule has 5 atom stereocenters. The van der Waals surface area contributed by atoms with E-state index in [9.17, 15) is 43.2 Å². The Labute approximate surface area is 537 Å². The van der Waals surface area contributed by atoms with Gasteiger partial charge in [-0.25, -0.2) is 9.13 Å². The molecule has 0 bridgehead atoms. The van der Waals surface area contributed by atoms with Crippen molar-refractivity contribution in [2.24, 2.45) is 23.7 Å². The van der Waals surface area contributed by atoms with Crippen LogP contribution in [0.25, 0.3) is 0 Å². The average molecular weight is 1300 g/mol. The van der Waals surface area contributed by atoms with Gasteiger partial charge in [-0.15, -0.1) is 0 Å². The third-order valence-electron chi connectivity index (χ3n) is 15.8. The lowest BCUT2D eigenvalue weighted by atomic mass is 10.0. The van der Waals surface area contributed by atoms with E-state index >= 15 is 0 Å². The molecule has 0 heterocycles. The minimum Gasteiger partial charge on any atom is -0.462 e. The number of aliphatic hydroxyl groups is 1. The zero-order valence-corrected chi connectivity index (χ0v) is 59.1. The van der Waals surface area contributed by atoms with E-state index in [4.69, 9.17) is 37.0 Å². The molecule has 19 heteroatoms. The number of hydrogen-bond acceptors (Lipinski definition) is 15. The van der Waals surface area contributed by atoms with Crippen LogP contribution in [0.4, 0.5) is 0 Å². The number of phosphoric ester groups is 2. The maximum Gasteiger partial charge on any atom is 0.472 e. The molecule has 0 rings (SSSR count). The third kappa shape index (κ3) is 62.8. The molecule has 0 aromatic carbocycles. The summed E-state index contributed by atoms with van der Waals surface area (Å²) >= 11 is 0. The fourth-order valence-electron chi connectivity index (χ4n) is 10.3. The van der Waals surface area contributed by atoms with Gasteiger partial charge in [0.1, 0.15) is 19.3 Å². The summed E-state index contributed by atoms with van der Waals surface area (Å²) in [5.41, 5.74) is 0. The van der Waals surface area contributed by atoms with Crippen LogP contribution < -0.4 is 0 Å². The predicted octanol–water partition coefficient (Wildman–Crippen LogP) is 19.3. The van der Waals surface area contributed by atoms with Crippen LogP contribution in [0.15, 0.2) is 0 Å². The van der Waals surface area contributed by atoms with Gasteiger partial charge < -0.3 is 33.8 Å². The first-order valence-electron chi connectivity index (χ1n) is 35.7. The van der Waals surface area contributed by atoms with Crippen LogP contribution in [-0.4, -0.2) is 96.7 Å². The van der Waals surface area contributed by atoms with E-state index in [0.29, 0.717) is 25.7 Å². The summed E-state index contributed by atoms with van der Waals surface area (Å²) in [7, 11) is -9.90. The Kier molecular flexibility index (Phi) is 57.6. The van der Waals surface area contributed by atoms with Crippen molar-refractivity contribution < 1.29 is 80.2 Å². The van der Waals surface area contributed by atoms with Gasteiger partial charge >= 0.3 is 39.5 Å². The first-order chi connectivity index (χ1) is 42.1. The molecule has 88 heavy (non-hydrogen) atoms. The number of unbranched alkanes of at least 4 members (excludes halogenated alkanes) is 32. The largest absolute Gasteiger partial charge is 0.472 e. The molecule has 0 aromatic rings. The highest BCUT2D eigenvalue weighted by Crippen LogP contribution is 2.45. The standard InChI is InChI=1S/C69H134O17P2/c1-59(2)45-37-29-21-13-9-10-16-27-35-43-51-68(73)85-64(55-79-66(71)49-41-33-25-17-11-14-22-30-38-46-60(3)4)57-83-87(75,76)81-53-63(70)54-82-88(77,78)84-58-65(56-80-67(72)50-42-34-26-20-19-24-32-40-48-62(7)8)86-69(74)52-44-36-28-18-12-15-23-31-39-47-61(5)6/h59-65,70H,9-58H2,1-8H3,(H,75,76)(H,77,78)/t63?,64-,65-/m1/s1. The molecule has 0 saturated heterocycles. The van der Waals surface area contributed by atoms with Gasteiger partial charge in [0.2, 0.25) is 0 Å². The number of carbonyl (C=O) groups is 4. The van der Waals surface area contributed by atoms with E-state index in [1.54, 1.807) is 0 Å². The van der Waals surface area contributed by atoms with E-state index < -0.39 is 97.5 Å². The quantitative estimate of drug-likeness (QED) is 0.0222. The summed E-state index contributed by atoms with van der Waals surface area (Å²) in [6.45, 7) is 14.1. The number of rotatable bonds is 66. The van der Waals surface area contributed by atoms with Crippen LogP contribution in [0, 0.1) is 23.7 Å². The summed E-state index contributed by atoms with van der Waals surface area (Å²) in [4.78, 5) is 72.5. The summed E-state index contributed by atoms with van der Waals surface area (Å²) in [6, 6.07) is 0. The highest BCUT2D eigenvalue weighted by Gasteiger charge is 2.30. The Balaban J connectivity index is 5.27. The average Bonchev–Trinajstić information content (AvgIpc) is 3.69. The predicted molar refractivity (Wildman–Crippen MR) is 354 cm³/mol. The van der Waals surface area contributed by atoms with E-state index in [2.05, 4.69) is 55.4 Å². The van der Waals surface area contributed by atoms with Crippen molar-refractivity contribution in [1.29, 1.82) is 0 Å². The van der Waals surface area contributed by atoms with Crippen molar-refractivity contribution in [1.82, 2.24) is 0 Å². The number of hydrogen-bond donors (Lipinski definition) is 3. The van der Waals surface area contributed by atoms with Crippen LogP contribution in [-0.2, 0) is 65.4 Å². The first-order valence-corrected chi connectivity index (χ1v) is 38.7. The molecule has 0 aromatic heterocycles. The van der Waals surface area contributed by atoms with Crippen molar-refractivity contribution in [3.05, 3.63) is 0 Å². The fraction of sp³-hybridized carbons (Fsp3) is 0.942. The van der Waals surface area contributed by atoms with Crippen LogP contribution in [0.2, 0.25) is 0 Å². The van der Waals surface area contributed by atoms with E-state index in [1.807, 2.05) is 0 Å². The second kappa shape index (κ2) is 58.8. The lowest BCUT2D eigenvalue weighted by molar-refractivity contribution is -0.161. The van der Waals surface area contributed by atoms with Crippen molar-refractivity contribution >= 4 is 39.5 Å². The summed E-state index contributed by atoms with van der Waals surface area (Å²) in [5.74, 6) is 0.827. The van der Waals surface area contributed by atoms with Gasteiger partial charge in [0.05, 0.1) is 26.4 Å². The molecule has 0 aliphatic rings. The Morgan fingerprint density at radius 3 is 0.705 bits per heavy atom. The first kappa shape index (κ1) is 86.1. The minimum absolute atomic E-state index is 0.104. The lowest BCUT2D eigenvalue weighted by Crippen LogP contribution is -2.30. The van der Waals surface area contributed by atoms with Gasteiger partial charge in [0.25, 0.3) is 0 Å². The fourth-order valence-corrected chi connectivity index (χ4v) is 11.9. The number of aliphatic hydroxyl groups excluding tert-OH is 1. The van der Waals surface area contributed by atoms with Crippen LogP contribution in [0.1, 0.15) is 338 Å². The van der Waals surface area contributed by atoms with Crippen molar-refractivity contribution in [2.45, 2.75) is 356 Å². The maximum atomic E-state index is 13.0. The molecule has 0 fully saturated rings. The molecule has 3 unspecified atom stereocenters. The van der Waals surface area contributed by atoms with Gasteiger partial charge in [-0.2, -0.15) is 0 Å². The molecule has 17 nitrogen and oxygen atoms in total. The Hall–Kier alpha value is -1.94. The summed E-state index contributed by atoms with van der Waals surface area (Å²) < 4.78 is 68.2. The Morgan fingerprint density at radius 1 is 0.284 bits per heavy atom. The molecular weight excluding hydrogens is 1160 g/mol. The zero-order valence-electron chi connectivity index (χ0n) is 57.3. The number of ether oxygens (including phenoxy) is 4. The van der Waals surface area contributed by atoms with Gasteiger partial charge in [0, 0.05) is 25.7 Å². The zero-order chi connectivity index (χ0) is 65.4. The second-order valence-corrected chi connectivity index (χ2v) is 29.7. The highest BCUT2D eigenvalue weighted by molar-refractivity contribution is 7.47. The van der Waals surface area contributed by atoms with Gasteiger partial charge in [0.15, 0.2) is 12.2 Å². The Bertz CT molecular complexity index is 1750. The van der Waals surface area contributed by atoms with E-state index in [1.165, 1.54) is 141 Å². The maximum absolute atomic E-state index is 13.0. The van der Waals surface area contributed by atoms with Crippen molar-refractivity contribution in [3.8, 4) is 0 Å². The lowest BCUT2D eigenvalue weighted by Gasteiger charge is -2.21. The molecule has 0 amide bonds. The van der Waals surface area contributed by atoms with Gasteiger partial charge in [-0.3, -0.25) is 37.3 Å². The van der Waals surface area contributed by atoms with Crippen LogP contribution in [0.3, 0.4) is 0 Å². The molecule has 0 spiro atoms. The minimum atomic E-state index is -4.95. The van der Waals surface area contributed by atoms with Crippen LogP contribution >= 0.6 is 15.6 Å². The molecule has 0 aliphatic carbocycles.